The van der Waals surface area contributed by atoms with Crippen molar-refractivity contribution >= 4 is 5.96 Å². The highest BCUT2D eigenvalue weighted by Gasteiger charge is 1.98. The SMILES string of the molecule is CN=C(NCCOCCC(C)C)NCCc1ccccn1. The Morgan fingerprint density at radius 3 is 2.71 bits per heavy atom. The highest BCUT2D eigenvalue weighted by Crippen LogP contribution is 1.98. The van der Waals surface area contributed by atoms with Crippen LogP contribution in [0.4, 0.5) is 0 Å². The Bertz CT molecular complexity index is 393. The first-order valence-corrected chi connectivity index (χ1v) is 7.64. The van der Waals surface area contributed by atoms with Crippen molar-refractivity contribution in [2.45, 2.75) is 26.7 Å². The average Bonchev–Trinajstić information content (AvgIpc) is 2.49. The Hall–Kier alpha value is -1.62. The zero-order chi connectivity index (χ0) is 15.3. The summed E-state index contributed by atoms with van der Waals surface area (Å²) in [7, 11) is 1.77. The molecule has 0 aliphatic rings. The minimum Gasteiger partial charge on any atom is -0.380 e. The van der Waals surface area contributed by atoms with Gasteiger partial charge in [-0.05, 0) is 24.5 Å². The van der Waals surface area contributed by atoms with Gasteiger partial charge in [0.15, 0.2) is 5.96 Å². The Morgan fingerprint density at radius 2 is 2.05 bits per heavy atom. The van der Waals surface area contributed by atoms with Gasteiger partial charge in [0.1, 0.15) is 0 Å². The Kier molecular flexibility index (Phi) is 9.20. The van der Waals surface area contributed by atoms with E-state index in [1.54, 1.807) is 7.05 Å². The first-order valence-electron chi connectivity index (χ1n) is 7.64. The van der Waals surface area contributed by atoms with Gasteiger partial charge in [0.2, 0.25) is 0 Å². The van der Waals surface area contributed by atoms with E-state index < -0.39 is 0 Å². The minimum atomic E-state index is 0.694. The zero-order valence-corrected chi connectivity index (χ0v) is 13.4. The molecular formula is C16H28N4O. The lowest BCUT2D eigenvalue weighted by Gasteiger charge is -2.12. The van der Waals surface area contributed by atoms with Crippen molar-refractivity contribution in [1.82, 2.24) is 15.6 Å². The van der Waals surface area contributed by atoms with E-state index in [0.29, 0.717) is 12.5 Å². The topological polar surface area (TPSA) is 58.5 Å². The standard InChI is InChI=1S/C16H28N4O/c1-14(2)8-12-21-13-11-20-16(17-3)19-10-7-15-6-4-5-9-18-15/h4-6,9,14H,7-8,10-13H2,1-3H3,(H2,17,19,20). The van der Waals surface area contributed by atoms with Crippen molar-refractivity contribution in [2.75, 3.05) is 33.4 Å². The minimum absolute atomic E-state index is 0.694. The van der Waals surface area contributed by atoms with Crippen LogP contribution in [0.5, 0.6) is 0 Å². The van der Waals surface area contributed by atoms with Crippen LogP contribution >= 0.6 is 0 Å². The molecule has 5 nitrogen and oxygen atoms in total. The van der Waals surface area contributed by atoms with Crippen LogP contribution in [-0.2, 0) is 11.2 Å². The Labute approximate surface area is 128 Å². The summed E-state index contributed by atoms with van der Waals surface area (Å²) in [5.41, 5.74) is 1.08. The molecule has 21 heavy (non-hydrogen) atoms. The molecule has 0 spiro atoms. The van der Waals surface area contributed by atoms with E-state index in [1.807, 2.05) is 24.4 Å². The first-order chi connectivity index (χ1) is 10.2. The van der Waals surface area contributed by atoms with Crippen LogP contribution in [0.1, 0.15) is 26.0 Å². The molecule has 0 amide bonds. The lowest BCUT2D eigenvalue weighted by atomic mass is 10.1. The van der Waals surface area contributed by atoms with Crippen molar-refractivity contribution in [3.8, 4) is 0 Å². The highest BCUT2D eigenvalue weighted by molar-refractivity contribution is 5.79. The van der Waals surface area contributed by atoms with Crippen LogP contribution in [0.2, 0.25) is 0 Å². The second-order valence-corrected chi connectivity index (χ2v) is 5.29. The molecule has 1 aromatic heterocycles. The summed E-state index contributed by atoms with van der Waals surface area (Å²) >= 11 is 0. The molecule has 0 aliphatic carbocycles. The Balaban J connectivity index is 2.07. The fourth-order valence-corrected chi connectivity index (χ4v) is 1.74. The summed E-state index contributed by atoms with van der Waals surface area (Å²) < 4.78 is 5.56. The molecule has 2 N–H and O–H groups in total. The Morgan fingerprint density at radius 1 is 1.24 bits per heavy atom. The predicted molar refractivity (Wildman–Crippen MR) is 87.6 cm³/mol. The van der Waals surface area contributed by atoms with Gasteiger partial charge in [0.05, 0.1) is 6.61 Å². The number of aliphatic imine (C=N–C) groups is 1. The number of rotatable bonds is 9. The van der Waals surface area contributed by atoms with E-state index in [4.69, 9.17) is 4.74 Å². The zero-order valence-electron chi connectivity index (χ0n) is 13.4. The molecule has 0 radical (unpaired) electrons. The van der Waals surface area contributed by atoms with Gasteiger partial charge in [0, 0.05) is 45.1 Å². The summed E-state index contributed by atoms with van der Waals surface area (Å²) in [4.78, 5) is 8.47. The van der Waals surface area contributed by atoms with Gasteiger partial charge in [-0.1, -0.05) is 19.9 Å². The smallest absolute Gasteiger partial charge is 0.191 e. The quantitative estimate of drug-likeness (QED) is 0.414. The third kappa shape index (κ3) is 9.02. The molecule has 1 heterocycles. The number of nitrogens with one attached hydrogen (secondary N) is 2. The van der Waals surface area contributed by atoms with E-state index in [1.165, 1.54) is 0 Å². The van der Waals surface area contributed by atoms with Crippen LogP contribution < -0.4 is 10.6 Å². The summed E-state index contributed by atoms with van der Waals surface area (Å²) in [5, 5.41) is 6.51. The second kappa shape index (κ2) is 11.1. The molecule has 0 aromatic carbocycles. The van der Waals surface area contributed by atoms with Crippen LogP contribution in [0, 0.1) is 5.92 Å². The molecule has 5 heteroatoms. The average molecular weight is 292 g/mol. The lowest BCUT2D eigenvalue weighted by Crippen LogP contribution is -2.39. The molecule has 0 fully saturated rings. The van der Waals surface area contributed by atoms with Gasteiger partial charge >= 0.3 is 0 Å². The van der Waals surface area contributed by atoms with Crippen molar-refractivity contribution < 1.29 is 4.74 Å². The molecule has 0 saturated carbocycles. The van der Waals surface area contributed by atoms with Crippen molar-refractivity contribution in [1.29, 1.82) is 0 Å². The van der Waals surface area contributed by atoms with Crippen molar-refractivity contribution in [2.24, 2.45) is 10.9 Å². The highest BCUT2D eigenvalue weighted by atomic mass is 16.5. The van der Waals surface area contributed by atoms with Gasteiger partial charge < -0.3 is 15.4 Å². The van der Waals surface area contributed by atoms with Crippen LogP contribution in [-0.4, -0.2) is 44.3 Å². The van der Waals surface area contributed by atoms with E-state index >= 15 is 0 Å². The molecule has 0 bridgehead atoms. The normalized spacial score (nSPS) is 11.7. The van der Waals surface area contributed by atoms with Crippen LogP contribution in [0.15, 0.2) is 29.4 Å². The molecule has 0 aliphatic heterocycles. The number of nitrogens with zero attached hydrogens (tertiary/aromatic N) is 2. The van der Waals surface area contributed by atoms with Crippen LogP contribution in [0.3, 0.4) is 0 Å². The maximum absolute atomic E-state index is 5.56. The summed E-state index contributed by atoms with van der Waals surface area (Å²) in [6.07, 6.45) is 3.81. The number of pyridine rings is 1. The fourth-order valence-electron chi connectivity index (χ4n) is 1.74. The van der Waals surface area contributed by atoms with E-state index in [-0.39, 0.29) is 0 Å². The van der Waals surface area contributed by atoms with Gasteiger partial charge in [-0.25, -0.2) is 0 Å². The summed E-state index contributed by atoms with van der Waals surface area (Å²) in [6.45, 7) is 7.51. The molecular weight excluding hydrogens is 264 g/mol. The molecule has 0 saturated heterocycles. The fraction of sp³-hybridized carbons (Fsp3) is 0.625. The van der Waals surface area contributed by atoms with E-state index in [2.05, 4.69) is 34.5 Å². The molecule has 1 aromatic rings. The van der Waals surface area contributed by atoms with Gasteiger partial charge in [-0.15, -0.1) is 0 Å². The first kappa shape index (κ1) is 17.4. The number of guanidine groups is 1. The maximum atomic E-state index is 5.56. The van der Waals surface area contributed by atoms with Gasteiger partial charge in [-0.3, -0.25) is 9.98 Å². The number of aromatic nitrogens is 1. The lowest BCUT2D eigenvalue weighted by molar-refractivity contribution is 0.128. The molecule has 0 atom stereocenters. The molecule has 118 valence electrons. The van der Waals surface area contributed by atoms with E-state index in [0.717, 1.165) is 44.2 Å². The monoisotopic (exact) mass is 292 g/mol. The van der Waals surface area contributed by atoms with E-state index in [9.17, 15) is 0 Å². The summed E-state index contributed by atoms with van der Waals surface area (Å²) in [5.74, 6) is 1.50. The second-order valence-electron chi connectivity index (χ2n) is 5.29. The van der Waals surface area contributed by atoms with Crippen LogP contribution in [0.25, 0.3) is 0 Å². The number of hydrogen-bond donors (Lipinski definition) is 2. The van der Waals surface area contributed by atoms with Crippen molar-refractivity contribution in [3.05, 3.63) is 30.1 Å². The number of hydrogen-bond acceptors (Lipinski definition) is 3. The van der Waals surface area contributed by atoms with Crippen molar-refractivity contribution in [3.63, 3.8) is 0 Å². The largest absolute Gasteiger partial charge is 0.380 e. The molecule has 1 rings (SSSR count). The third-order valence-electron chi connectivity index (χ3n) is 3.00. The third-order valence-corrected chi connectivity index (χ3v) is 3.00. The number of ether oxygens (including phenoxy) is 1. The maximum Gasteiger partial charge on any atom is 0.191 e. The van der Waals surface area contributed by atoms with Gasteiger partial charge in [0.25, 0.3) is 0 Å². The summed E-state index contributed by atoms with van der Waals surface area (Å²) in [6, 6.07) is 5.96. The predicted octanol–water partition coefficient (Wildman–Crippen LogP) is 1.85. The van der Waals surface area contributed by atoms with Gasteiger partial charge in [-0.2, -0.15) is 0 Å². The molecule has 0 unspecified atom stereocenters.